The monoisotopic (exact) mass is 236 g/mol. The molecule has 0 fully saturated rings. The summed E-state index contributed by atoms with van der Waals surface area (Å²) in [7, 11) is 3.40. The zero-order chi connectivity index (χ0) is 13.0. The zero-order valence-corrected chi connectivity index (χ0v) is 10.9. The lowest BCUT2D eigenvalue weighted by Gasteiger charge is -2.16. The van der Waals surface area contributed by atoms with E-state index >= 15 is 0 Å². The lowest BCUT2D eigenvalue weighted by atomic mass is 10.1. The second-order valence-corrected chi connectivity index (χ2v) is 4.41. The van der Waals surface area contributed by atoms with Gasteiger partial charge >= 0.3 is 0 Å². The molecule has 0 radical (unpaired) electrons. The van der Waals surface area contributed by atoms with Crippen molar-refractivity contribution < 1.29 is 9.53 Å². The number of amides is 1. The van der Waals surface area contributed by atoms with Crippen LogP contribution < -0.4 is 10.5 Å². The Morgan fingerprint density at radius 2 is 2.12 bits per heavy atom. The van der Waals surface area contributed by atoms with Gasteiger partial charge in [-0.1, -0.05) is 17.7 Å². The minimum atomic E-state index is -0.112. The highest BCUT2D eigenvalue weighted by molar-refractivity contribution is 5.77. The molecule has 0 saturated carbocycles. The molecule has 94 valence electrons. The summed E-state index contributed by atoms with van der Waals surface area (Å²) < 4.78 is 5.51. The zero-order valence-electron chi connectivity index (χ0n) is 10.9. The molecule has 1 aromatic carbocycles. The van der Waals surface area contributed by atoms with Crippen LogP contribution in [0.5, 0.6) is 5.75 Å². The van der Waals surface area contributed by atoms with Crippen LogP contribution in [0.4, 0.5) is 0 Å². The largest absolute Gasteiger partial charge is 0.483 e. The van der Waals surface area contributed by atoms with Crippen molar-refractivity contribution in [3.05, 3.63) is 29.3 Å². The van der Waals surface area contributed by atoms with E-state index in [2.05, 4.69) is 0 Å². The maximum atomic E-state index is 11.4. The van der Waals surface area contributed by atoms with Crippen molar-refractivity contribution in [2.24, 2.45) is 5.73 Å². The molecule has 1 amide bonds. The van der Waals surface area contributed by atoms with Gasteiger partial charge in [-0.15, -0.1) is 0 Å². The summed E-state index contributed by atoms with van der Waals surface area (Å²) in [6.07, 6.45) is 0. The summed E-state index contributed by atoms with van der Waals surface area (Å²) in [5, 5.41) is 0. The van der Waals surface area contributed by atoms with E-state index in [-0.39, 0.29) is 18.6 Å². The van der Waals surface area contributed by atoms with Gasteiger partial charge in [-0.3, -0.25) is 4.79 Å². The van der Waals surface area contributed by atoms with E-state index in [0.717, 1.165) is 11.1 Å². The van der Waals surface area contributed by atoms with Crippen LogP contribution in [0.2, 0.25) is 0 Å². The third kappa shape index (κ3) is 3.75. The van der Waals surface area contributed by atoms with Crippen molar-refractivity contribution in [1.29, 1.82) is 0 Å². The first-order chi connectivity index (χ1) is 7.91. The molecule has 0 heterocycles. The van der Waals surface area contributed by atoms with Gasteiger partial charge in [-0.2, -0.15) is 0 Å². The van der Waals surface area contributed by atoms with Crippen LogP contribution in [0.25, 0.3) is 0 Å². The number of carbonyl (C=O) groups excluding carboxylic acids is 1. The highest BCUT2D eigenvalue weighted by atomic mass is 16.5. The minimum Gasteiger partial charge on any atom is -0.483 e. The van der Waals surface area contributed by atoms with Gasteiger partial charge in [0.2, 0.25) is 0 Å². The molecule has 4 nitrogen and oxygen atoms in total. The highest BCUT2D eigenvalue weighted by Crippen LogP contribution is 2.24. The number of ether oxygens (including phenoxy) is 1. The molecule has 2 N–H and O–H groups in total. The van der Waals surface area contributed by atoms with Gasteiger partial charge in [0, 0.05) is 25.7 Å². The van der Waals surface area contributed by atoms with Crippen LogP contribution in [0.3, 0.4) is 0 Å². The van der Waals surface area contributed by atoms with E-state index in [0.29, 0.717) is 5.75 Å². The standard InChI is InChI=1S/C13H20N2O2/c1-9-5-6-12(11(7-9)10(2)14)17-8-13(16)15(3)4/h5-7,10H,8,14H2,1-4H3. The maximum Gasteiger partial charge on any atom is 0.259 e. The molecule has 1 unspecified atom stereocenters. The third-order valence-electron chi connectivity index (χ3n) is 2.51. The van der Waals surface area contributed by atoms with Gasteiger partial charge in [0.15, 0.2) is 6.61 Å². The molecule has 0 spiro atoms. The predicted octanol–water partition coefficient (Wildman–Crippen LogP) is 1.48. The lowest BCUT2D eigenvalue weighted by Crippen LogP contribution is -2.27. The normalized spacial score (nSPS) is 12.1. The number of benzene rings is 1. The average molecular weight is 236 g/mol. The molecule has 0 aliphatic carbocycles. The van der Waals surface area contributed by atoms with E-state index < -0.39 is 0 Å². The Balaban J connectivity index is 2.80. The summed E-state index contributed by atoms with van der Waals surface area (Å²) in [6.45, 7) is 3.94. The van der Waals surface area contributed by atoms with Crippen LogP contribution in [0.1, 0.15) is 24.1 Å². The van der Waals surface area contributed by atoms with Crippen molar-refractivity contribution in [3.8, 4) is 5.75 Å². The van der Waals surface area contributed by atoms with Gasteiger partial charge in [0.1, 0.15) is 5.75 Å². The molecule has 1 rings (SSSR count). The Hall–Kier alpha value is -1.55. The quantitative estimate of drug-likeness (QED) is 0.861. The van der Waals surface area contributed by atoms with Gasteiger partial charge < -0.3 is 15.4 Å². The summed E-state index contributed by atoms with van der Waals surface area (Å²) in [6, 6.07) is 5.68. The summed E-state index contributed by atoms with van der Waals surface area (Å²) >= 11 is 0. The van der Waals surface area contributed by atoms with Crippen LogP contribution in [0.15, 0.2) is 18.2 Å². The number of aryl methyl sites for hydroxylation is 1. The fourth-order valence-corrected chi connectivity index (χ4v) is 1.42. The van der Waals surface area contributed by atoms with E-state index in [9.17, 15) is 4.79 Å². The Bertz CT molecular complexity index is 400. The predicted molar refractivity (Wildman–Crippen MR) is 68.0 cm³/mol. The topological polar surface area (TPSA) is 55.6 Å². The maximum absolute atomic E-state index is 11.4. The molecule has 1 atom stereocenters. The van der Waals surface area contributed by atoms with E-state index in [1.807, 2.05) is 32.0 Å². The first-order valence-corrected chi connectivity index (χ1v) is 5.61. The Kier molecular flexibility index (Phi) is 4.52. The van der Waals surface area contributed by atoms with Crippen LogP contribution in [-0.2, 0) is 4.79 Å². The number of carbonyl (C=O) groups is 1. The first-order valence-electron chi connectivity index (χ1n) is 5.61. The molecule has 1 aromatic rings. The molecular formula is C13H20N2O2. The van der Waals surface area contributed by atoms with Crippen molar-refractivity contribution >= 4 is 5.91 Å². The number of hydrogen-bond acceptors (Lipinski definition) is 3. The van der Waals surface area contributed by atoms with E-state index in [1.54, 1.807) is 14.1 Å². The molecule has 0 aliphatic heterocycles. The number of nitrogens with two attached hydrogens (primary N) is 1. The second kappa shape index (κ2) is 5.68. The SMILES string of the molecule is Cc1ccc(OCC(=O)N(C)C)c(C(C)N)c1. The number of rotatable bonds is 4. The summed E-state index contributed by atoms with van der Waals surface area (Å²) in [4.78, 5) is 12.9. The molecule has 17 heavy (non-hydrogen) atoms. The molecule has 0 saturated heterocycles. The smallest absolute Gasteiger partial charge is 0.259 e. The molecule has 4 heteroatoms. The van der Waals surface area contributed by atoms with Crippen LogP contribution in [-0.4, -0.2) is 31.5 Å². The van der Waals surface area contributed by atoms with Gasteiger partial charge in [-0.05, 0) is 19.9 Å². The molecular weight excluding hydrogens is 216 g/mol. The van der Waals surface area contributed by atoms with E-state index in [4.69, 9.17) is 10.5 Å². The third-order valence-corrected chi connectivity index (χ3v) is 2.51. The number of likely N-dealkylation sites (N-methyl/N-ethyl adjacent to an activating group) is 1. The van der Waals surface area contributed by atoms with Crippen LogP contribution >= 0.6 is 0 Å². The minimum absolute atomic E-state index is 0.0375. The molecule has 0 aromatic heterocycles. The Morgan fingerprint density at radius 3 is 2.65 bits per heavy atom. The molecule has 0 aliphatic rings. The van der Waals surface area contributed by atoms with Crippen molar-refractivity contribution in [3.63, 3.8) is 0 Å². The average Bonchev–Trinajstić information content (AvgIpc) is 2.26. The van der Waals surface area contributed by atoms with Crippen molar-refractivity contribution in [2.75, 3.05) is 20.7 Å². The van der Waals surface area contributed by atoms with Crippen molar-refractivity contribution in [2.45, 2.75) is 19.9 Å². The fraction of sp³-hybridized carbons (Fsp3) is 0.462. The number of nitrogens with zero attached hydrogens (tertiary/aromatic N) is 1. The van der Waals surface area contributed by atoms with Gasteiger partial charge in [0.25, 0.3) is 5.91 Å². The Morgan fingerprint density at radius 1 is 1.47 bits per heavy atom. The van der Waals surface area contributed by atoms with Gasteiger partial charge in [0.05, 0.1) is 0 Å². The number of hydrogen-bond donors (Lipinski definition) is 1. The Labute approximate surface area is 102 Å². The van der Waals surface area contributed by atoms with Gasteiger partial charge in [-0.25, -0.2) is 0 Å². The summed E-state index contributed by atoms with van der Waals surface area (Å²) in [5.74, 6) is 0.613. The highest BCUT2D eigenvalue weighted by Gasteiger charge is 2.11. The molecule has 0 bridgehead atoms. The van der Waals surface area contributed by atoms with E-state index in [1.165, 1.54) is 4.90 Å². The summed E-state index contributed by atoms with van der Waals surface area (Å²) in [5.41, 5.74) is 7.93. The van der Waals surface area contributed by atoms with Crippen LogP contribution in [0, 0.1) is 6.92 Å². The lowest BCUT2D eigenvalue weighted by molar-refractivity contribution is -0.130. The van der Waals surface area contributed by atoms with Crippen molar-refractivity contribution in [1.82, 2.24) is 4.90 Å². The second-order valence-electron chi connectivity index (χ2n) is 4.41. The first kappa shape index (κ1) is 13.5. The fourth-order valence-electron chi connectivity index (χ4n) is 1.42.